The van der Waals surface area contributed by atoms with E-state index in [0.717, 1.165) is 47.7 Å². The number of anilines is 1. The molecule has 1 atom stereocenters. The molecule has 202 valence electrons. The Morgan fingerprint density at radius 2 is 1.79 bits per heavy atom. The number of sulfonamides is 1. The van der Waals surface area contributed by atoms with Crippen molar-refractivity contribution >= 4 is 54.8 Å². The Labute approximate surface area is 229 Å². The molecule has 38 heavy (non-hydrogen) atoms. The molecule has 1 amide bonds. The number of hydrogen-bond acceptors (Lipinski definition) is 5. The van der Waals surface area contributed by atoms with Gasteiger partial charge in [0.1, 0.15) is 10.3 Å². The van der Waals surface area contributed by atoms with E-state index in [0.29, 0.717) is 25.3 Å². The Morgan fingerprint density at radius 1 is 0.974 bits per heavy atom. The third-order valence-electron chi connectivity index (χ3n) is 7.46. The summed E-state index contributed by atoms with van der Waals surface area (Å²) in [5.74, 6) is -0.290. The summed E-state index contributed by atoms with van der Waals surface area (Å²) in [6.07, 6.45) is 4.55. The Kier molecular flexibility index (Phi) is 8.18. The highest BCUT2D eigenvalue weighted by Crippen LogP contribution is 2.32. The van der Waals surface area contributed by atoms with E-state index in [-0.39, 0.29) is 10.1 Å². The van der Waals surface area contributed by atoms with E-state index in [1.807, 2.05) is 30.3 Å². The van der Waals surface area contributed by atoms with E-state index in [4.69, 9.17) is 0 Å². The first-order valence-corrected chi connectivity index (χ1v) is 15.9. The van der Waals surface area contributed by atoms with Crippen LogP contribution in [-0.2, 0) is 21.4 Å². The summed E-state index contributed by atoms with van der Waals surface area (Å²) in [4.78, 5) is 16.0. The molecule has 1 saturated heterocycles. The van der Waals surface area contributed by atoms with Crippen LogP contribution in [-0.4, -0.2) is 60.3 Å². The van der Waals surface area contributed by atoms with Crippen LogP contribution in [0.4, 0.5) is 5.69 Å². The largest absolute Gasteiger partial charge is 0.341 e. The van der Waals surface area contributed by atoms with Crippen LogP contribution in [0.25, 0.3) is 21.8 Å². The molecule has 1 N–H and O–H groups in total. The molecule has 0 radical (unpaired) electrons. The number of hydrogen-bond donors (Lipinski definition) is 1. The van der Waals surface area contributed by atoms with Gasteiger partial charge in [0.15, 0.2) is 0 Å². The van der Waals surface area contributed by atoms with E-state index in [1.54, 1.807) is 17.5 Å². The molecule has 1 unspecified atom stereocenters. The topological polar surface area (TPSA) is 74.7 Å². The average molecular weight is 553 g/mol. The van der Waals surface area contributed by atoms with Gasteiger partial charge in [0.25, 0.3) is 10.0 Å². The molecule has 5 rings (SSSR count). The highest BCUT2D eigenvalue weighted by Gasteiger charge is 2.40. The van der Waals surface area contributed by atoms with Crippen LogP contribution < -0.4 is 5.32 Å². The molecule has 2 aromatic carbocycles. The van der Waals surface area contributed by atoms with E-state index in [2.05, 4.69) is 40.8 Å². The zero-order chi connectivity index (χ0) is 26.7. The number of nitrogens with one attached hydrogen (secondary N) is 1. The zero-order valence-electron chi connectivity index (χ0n) is 22.1. The van der Waals surface area contributed by atoms with Gasteiger partial charge < -0.3 is 9.88 Å². The summed E-state index contributed by atoms with van der Waals surface area (Å²) < 4.78 is 31.0. The fourth-order valence-electron chi connectivity index (χ4n) is 5.51. The second-order valence-electron chi connectivity index (χ2n) is 9.91. The number of fused-ring (bicyclic) bond motifs is 3. The van der Waals surface area contributed by atoms with Crippen molar-refractivity contribution in [1.82, 2.24) is 13.8 Å². The van der Waals surface area contributed by atoms with Crippen LogP contribution in [0.1, 0.15) is 39.5 Å². The number of piperazine rings is 1. The molecule has 4 aromatic rings. The number of carbonyl (C=O) groups excluding carboxylic acids is 1. The van der Waals surface area contributed by atoms with Crippen LogP contribution >= 0.6 is 11.3 Å². The standard InChI is InChI=1S/C29H36N4O3S2/c1-3-5-6-9-16-31-17-18-33(38(35,36)28-13-10-19-37-28)27(21-31)29(34)30-22-14-15-26-24(20-22)23-11-7-8-12-25(23)32(26)4-2/h7-8,10-15,19-20,27H,3-6,9,16-18,21H2,1-2H3,(H,30,34). The fourth-order valence-corrected chi connectivity index (χ4v) is 8.20. The lowest BCUT2D eigenvalue weighted by molar-refractivity contribution is -0.121. The van der Waals surface area contributed by atoms with Gasteiger partial charge in [-0.3, -0.25) is 9.69 Å². The minimum absolute atomic E-state index is 0.278. The van der Waals surface area contributed by atoms with Crippen molar-refractivity contribution in [2.45, 2.75) is 56.3 Å². The van der Waals surface area contributed by atoms with E-state index < -0.39 is 16.1 Å². The molecular weight excluding hydrogens is 516 g/mol. The van der Waals surface area contributed by atoms with Crippen molar-refractivity contribution < 1.29 is 13.2 Å². The molecule has 0 saturated carbocycles. The van der Waals surface area contributed by atoms with Crippen molar-refractivity contribution in [3.05, 3.63) is 60.0 Å². The SMILES string of the molecule is CCCCCCN1CCN(S(=O)(=O)c2cccs2)C(C(=O)Nc2ccc3c(c2)c2ccccc2n3CC)C1. The minimum atomic E-state index is -3.76. The van der Waals surface area contributed by atoms with Crippen molar-refractivity contribution in [2.75, 3.05) is 31.5 Å². The van der Waals surface area contributed by atoms with Gasteiger partial charge in [-0.1, -0.05) is 50.5 Å². The van der Waals surface area contributed by atoms with Crippen LogP contribution in [0.15, 0.2) is 64.2 Å². The fraction of sp³-hybridized carbons (Fsp3) is 0.414. The quantitative estimate of drug-likeness (QED) is 0.254. The Morgan fingerprint density at radius 3 is 2.55 bits per heavy atom. The monoisotopic (exact) mass is 552 g/mol. The summed E-state index contributed by atoms with van der Waals surface area (Å²) >= 11 is 1.19. The second kappa shape index (κ2) is 11.6. The Bertz CT molecular complexity index is 1510. The molecule has 0 bridgehead atoms. The number of rotatable bonds is 10. The third kappa shape index (κ3) is 5.25. The smallest absolute Gasteiger partial charge is 0.253 e. The molecule has 3 heterocycles. The predicted octanol–water partition coefficient (Wildman–Crippen LogP) is 5.77. The van der Waals surface area contributed by atoms with Crippen LogP contribution in [0.2, 0.25) is 0 Å². The summed E-state index contributed by atoms with van der Waals surface area (Å²) in [5.41, 5.74) is 2.95. The lowest BCUT2D eigenvalue weighted by atomic mass is 10.1. The van der Waals surface area contributed by atoms with E-state index >= 15 is 0 Å². The lowest BCUT2D eigenvalue weighted by Gasteiger charge is -2.39. The molecule has 0 aliphatic carbocycles. The maximum atomic E-state index is 13.7. The molecule has 1 aliphatic rings. The number of thiophene rings is 1. The minimum Gasteiger partial charge on any atom is -0.341 e. The van der Waals surface area contributed by atoms with Crippen molar-refractivity contribution in [3.8, 4) is 0 Å². The normalized spacial score (nSPS) is 17.4. The lowest BCUT2D eigenvalue weighted by Crippen LogP contribution is -2.59. The van der Waals surface area contributed by atoms with Gasteiger partial charge in [0, 0.05) is 53.7 Å². The third-order valence-corrected chi connectivity index (χ3v) is 10.7. The average Bonchev–Trinajstić information content (AvgIpc) is 3.58. The van der Waals surface area contributed by atoms with Gasteiger partial charge in [-0.2, -0.15) is 4.31 Å². The number of benzene rings is 2. The van der Waals surface area contributed by atoms with Crippen molar-refractivity contribution in [2.24, 2.45) is 0 Å². The summed E-state index contributed by atoms with van der Waals surface area (Å²) in [6.45, 7) is 7.35. The first-order chi connectivity index (χ1) is 18.4. The molecule has 9 heteroatoms. The Balaban J connectivity index is 1.42. The van der Waals surface area contributed by atoms with E-state index in [9.17, 15) is 13.2 Å². The number of carbonyl (C=O) groups is 1. The van der Waals surface area contributed by atoms with Gasteiger partial charge in [-0.15, -0.1) is 11.3 Å². The molecule has 1 aliphatic heterocycles. The molecule has 7 nitrogen and oxygen atoms in total. The molecule has 1 fully saturated rings. The molecule has 0 spiro atoms. The van der Waals surface area contributed by atoms with Crippen LogP contribution in [0.5, 0.6) is 0 Å². The molecule has 2 aromatic heterocycles. The predicted molar refractivity (Wildman–Crippen MR) is 156 cm³/mol. The number of para-hydroxylation sites is 1. The highest BCUT2D eigenvalue weighted by molar-refractivity contribution is 7.91. The first kappa shape index (κ1) is 26.9. The van der Waals surface area contributed by atoms with Gasteiger partial charge in [0.2, 0.25) is 5.91 Å². The number of nitrogens with zero attached hydrogens (tertiary/aromatic N) is 3. The van der Waals surface area contributed by atoms with Gasteiger partial charge in [-0.05, 0) is 55.6 Å². The van der Waals surface area contributed by atoms with Crippen LogP contribution in [0.3, 0.4) is 0 Å². The van der Waals surface area contributed by atoms with Gasteiger partial charge in [0.05, 0.1) is 0 Å². The number of aromatic nitrogens is 1. The zero-order valence-corrected chi connectivity index (χ0v) is 23.7. The number of amides is 1. The van der Waals surface area contributed by atoms with Crippen molar-refractivity contribution in [3.63, 3.8) is 0 Å². The first-order valence-electron chi connectivity index (χ1n) is 13.5. The summed E-state index contributed by atoms with van der Waals surface area (Å²) in [5, 5.41) is 7.03. The van der Waals surface area contributed by atoms with Crippen molar-refractivity contribution in [1.29, 1.82) is 0 Å². The maximum Gasteiger partial charge on any atom is 0.253 e. The number of unbranched alkanes of at least 4 members (excludes halogenated alkanes) is 3. The maximum absolute atomic E-state index is 13.7. The summed E-state index contributed by atoms with van der Waals surface area (Å²) in [6, 6.07) is 16.8. The number of aryl methyl sites for hydroxylation is 1. The second-order valence-corrected chi connectivity index (χ2v) is 13.0. The van der Waals surface area contributed by atoms with Crippen LogP contribution in [0, 0.1) is 0 Å². The Hall–Kier alpha value is -2.72. The van der Waals surface area contributed by atoms with Gasteiger partial charge in [-0.25, -0.2) is 8.42 Å². The van der Waals surface area contributed by atoms with Gasteiger partial charge >= 0.3 is 0 Å². The van der Waals surface area contributed by atoms with E-state index in [1.165, 1.54) is 28.5 Å². The molecular formula is C29H36N4O3S2. The summed E-state index contributed by atoms with van der Waals surface area (Å²) in [7, 11) is -3.76. The highest BCUT2D eigenvalue weighted by atomic mass is 32.2.